The number of hydrogen-bond acceptors (Lipinski definition) is 3. The molecule has 0 aliphatic rings. The van der Waals surface area contributed by atoms with Crippen LogP contribution in [0.4, 0.5) is 0 Å². The molecule has 19 heavy (non-hydrogen) atoms. The summed E-state index contributed by atoms with van der Waals surface area (Å²) in [6, 6.07) is 12.4. The van der Waals surface area contributed by atoms with E-state index in [-0.39, 0.29) is 16.0 Å². The van der Waals surface area contributed by atoms with Crippen LogP contribution in [0.5, 0.6) is 0 Å². The van der Waals surface area contributed by atoms with Crippen LogP contribution in [0.3, 0.4) is 0 Å². The zero-order valence-electron chi connectivity index (χ0n) is 9.58. The van der Waals surface area contributed by atoms with Gasteiger partial charge in [-0.2, -0.15) is 0 Å². The molecule has 0 saturated carbocycles. The Hall–Kier alpha value is -1.85. The van der Waals surface area contributed by atoms with Gasteiger partial charge in [-0.1, -0.05) is 36.4 Å². The number of hydrogen-bond donors (Lipinski definition) is 1. The van der Waals surface area contributed by atoms with E-state index in [1.807, 2.05) is 0 Å². The monoisotopic (exact) mass is 296 g/mol. The molecular weight excluding hydrogens is 288 g/mol. The van der Waals surface area contributed by atoms with Crippen molar-refractivity contribution in [3.63, 3.8) is 0 Å². The molecule has 1 N–H and O–H groups in total. The minimum Gasteiger partial charge on any atom is -0.478 e. The van der Waals surface area contributed by atoms with Gasteiger partial charge in [-0.25, -0.2) is 13.2 Å². The van der Waals surface area contributed by atoms with Gasteiger partial charge in [0.05, 0.1) is 10.5 Å². The molecule has 0 aromatic heterocycles. The first-order valence-electron chi connectivity index (χ1n) is 5.27. The molecule has 2 aromatic carbocycles. The number of benzene rings is 2. The molecule has 0 radical (unpaired) electrons. The van der Waals surface area contributed by atoms with Gasteiger partial charge in [0.1, 0.15) is 0 Å². The summed E-state index contributed by atoms with van der Waals surface area (Å²) in [6.45, 7) is 0. The van der Waals surface area contributed by atoms with E-state index in [1.165, 1.54) is 18.2 Å². The third-order valence-corrected chi connectivity index (χ3v) is 3.95. The number of carbonyl (C=O) groups is 1. The zero-order valence-corrected chi connectivity index (χ0v) is 11.1. The number of aromatic carboxylic acids is 1. The molecular formula is C13H9ClO4S. The standard InChI is InChI=1S/C13H9ClO4S/c14-19(17,18)11-8-4-7-10(13(15)16)12(11)9-5-2-1-3-6-9/h1-8H,(H,15,16). The minimum atomic E-state index is -4.03. The molecule has 0 aliphatic heterocycles. The summed E-state index contributed by atoms with van der Waals surface area (Å²) in [5, 5.41) is 9.18. The van der Waals surface area contributed by atoms with Crippen LogP contribution in [0.1, 0.15) is 10.4 Å². The Morgan fingerprint density at radius 2 is 1.63 bits per heavy atom. The molecule has 0 unspecified atom stereocenters. The third-order valence-electron chi connectivity index (χ3n) is 2.58. The predicted molar refractivity (Wildman–Crippen MR) is 71.9 cm³/mol. The Kier molecular flexibility index (Phi) is 3.59. The van der Waals surface area contributed by atoms with E-state index in [4.69, 9.17) is 10.7 Å². The van der Waals surface area contributed by atoms with Crippen molar-refractivity contribution < 1.29 is 18.3 Å². The van der Waals surface area contributed by atoms with Crippen molar-refractivity contribution in [3.05, 3.63) is 54.1 Å². The van der Waals surface area contributed by atoms with E-state index in [0.29, 0.717) is 5.56 Å². The molecule has 0 spiro atoms. The van der Waals surface area contributed by atoms with Gasteiger partial charge < -0.3 is 5.11 Å². The van der Waals surface area contributed by atoms with Gasteiger partial charge in [0, 0.05) is 16.2 Å². The van der Waals surface area contributed by atoms with E-state index in [2.05, 4.69) is 0 Å². The number of rotatable bonds is 3. The molecule has 0 bridgehead atoms. The predicted octanol–water partition coefficient (Wildman–Crippen LogP) is 2.98. The lowest BCUT2D eigenvalue weighted by molar-refractivity contribution is 0.0697. The van der Waals surface area contributed by atoms with Crippen LogP contribution in [-0.2, 0) is 9.05 Å². The maximum atomic E-state index is 11.6. The number of halogens is 1. The van der Waals surface area contributed by atoms with Crippen molar-refractivity contribution >= 4 is 25.7 Å². The van der Waals surface area contributed by atoms with Crippen LogP contribution < -0.4 is 0 Å². The van der Waals surface area contributed by atoms with Gasteiger partial charge in [0.25, 0.3) is 9.05 Å². The third kappa shape index (κ3) is 2.77. The smallest absolute Gasteiger partial charge is 0.336 e. The fraction of sp³-hybridized carbons (Fsp3) is 0. The van der Waals surface area contributed by atoms with Gasteiger partial charge >= 0.3 is 5.97 Å². The van der Waals surface area contributed by atoms with E-state index in [1.54, 1.807) is 30.3 Å². The lowest BCUT2D eigenvalue weighted by Crippen LogP contribution is -2.04. The zero-order chi connectivity index (χ0) is 14.0. The minimum absolute atomic E-state index is 0.102. The van der Waals surface area contributed by atoms with Crippen LogP contribution in [0.15, 0.2) is 53.4 Å². The van der Waals surface area contributed by atoms with Gasteiger partial charge in [-0.15, -0.1) is 0 Å². The molecule has 2 aromatic rings. The molecule has 6 heteroatoms. The first-order chi connectivity index (χ1) is 8.91. The number of carboxylic acids is 1. The molecule has 0 saturated heterocycles. The van der Waals surface area contributed by atoms with Crippen LogP contribution >= 0.6 is 10.7 Å². The summed E-state index contributed by atoms with van der Waals surface area (Å²) >= 11 is 0. The topological polar surface area (TPSA) is 71.4 Å². The maximum absolute atomic E-state index is 11.6. The Bertz CT molecular complexity index is 724. The highest BCUT2D eigenvalue weighted by Gasteiger charge is 2.22. The van der Waals surface area contributed by atoms with Gasteiger partial charge in [-0.05, 0) is 17.7 Å². The molecule has 2 rings (SSSR count). The highest BCUT2D eigenvalue weighted by atomic mass is 35.7. The van der Waals surface area contributed by atoms with Crippen molar-refractivity contribution in [3.8, 4) is 11.1 Å². The first-order valence-corrected chi connectivity index (χ1v) is 7.58. The van der Waals surface area contributed by atoms with Gasteiger partial charge in [0.15, 0.2) is 0 Å². The van der Waals surface area contributed by atoms with Crippen molar-refractivity contribution in [2.45, 2.75) is 4.90 Å². The van der Waals surface area contributed by atoms with E-state index in [0.717, 1.165) is 0 Å². The molecule has 4 nitrogen and oxygen atoms in total. The van der Waals surface area contributed by atoms with E-state index in [9.17, 15) is 18.3 Å². The Balaban J connectivity index is 2.86. The normalized spacial score (nSPS) is 11.2. The van der Waals surface area contributed by atoms with Crippen LogP contribution in [0.25, 0.3) is 11.1 Å². The summed E-state index contributed by atoms with van der Waals surface area (Å²) in [6.07, 6.45) is 0. The summed E-state index contributed by atoms with van der Waals surface area (Å²) < 4.78 is 23.1. The van der Waals surface area contributed by atoms with Gasteiger partial charge in [0.2, 0.25) is 0 Å². The summed E-state index contributed by atoms with van der Waals surface area (Å²) in [5.74, 6) is -1.21. The summed E-state index contributed by atoms with van der Waals surface area (Å²) in [4.78, 5) is 11.0. The lowest BCUT2D eigenvalue weighted by atomic mass is 10.00. The summed E-state index contributed by atoms with van der Waals surface area (Å²) in [5.41, 5.74) is 0.484. The average Bonchev–Trinajstić information content (AvgIpc) is 2.37. The highest BCUT2D eigenvalue weighted by Crippen LogP contribution is 2.32. The highest BCUT2D eigenvalue weighted by molar-refractivity contribution is 8.13. The molecule has 0 atom stereocenters. The maximum Gasteiger partial charge on any atom is 0.336 e. The largest absolute Gasteiger partial charge is 0.478 e. The Morgan fingerprint density at radius 3 is 2.16 bits per heavy atom. The van der Waals surface area contributed by atoms with Crippen LogP contribution in [0.2, 0.25) is 0 Å². The second-order valence-electron chi connectivity index (χ2n) is 3.79. The van der Waals surface area contributed by atoms with E-state index >= 15 is 0 Å². The summed E-state index contributed by atoms with van der Waals surface area (Å²) in [7, 11) is 1.34. The Morgan fingerprint density at radius 1 is 1.00 bits per heavy atom. The fourth-order valence-corrected chi connectivity index (χ4v) is 2.91. The van der Waals surface area contributed by atoms with Crippen molar-refractivity contribution in [2.75, 3.05) is 0 Å². The Labute approximate surface area is 114 Å². The van der Waals surface area contributed by atoms with Crippen LogP contribution in [-0.4, -0.2) is 19.5 Å². The van der Waals surface area contributed by atoms with Crippen LogP contribution in [0, 0.1) is 0 Å². The lowest BCUT2D eigenvalue weighted by Gasteiger charge is -2.10. The van der Waals surface area contributed by atoms with Crippen molar-refractivity contribution in [2.24, 2.45) is 0 Å². The second-order valence-corrected chi connectivity index (χ2v) is 6.32. The number of carboxylic acid groups (broad SMARTS) is 1. The molecule has 0 aliphatic carbocycles. The molecule has 98 valence electrons. The molecule has 0 fully saturated rings. The SMILES string of the molecule is O=C(O)c1cccc(S(=O)(=O)Cl)c1-c1ccccc1. The quantitative estimate of drug-likeness (QED) is 0.884. The second kappa shape index (κ2) is 5.03. The molecule has 0 heterocycles. The average molecular weight is 297 g/mol. The fourth-order valence-electron chi connectivity index (χ4n) is 1.82. The van der Waals surface area contributed by atoms with E-state index < -0.39 is 15.0 Å². The van der Waals surface area contributed by atoms with Gasteiger partial charge in [-0.3, -0.25) is 0 Å². The first kappa shape index (κ1) is 13.6. The molecule has 0 amide bonds. The van der Waals surface area contributed by atoms with Crippen molar-refractivity contribution in [1.29, 1.82) is 0 Å². The van der Waals surface area contributed by atoms with Crippen molar-refractivity contribution in [1.82, 2.24) is 0 Å².